The zero-order chi connectivity index (χ0) is 18.7. The lowest BCUT2D eigenvalue weighted by Crippen LogP contribution is -2.30. The van der Waals surface area contributed by atoms with Crippen LogP contribution in [0.15, 0.2) is 24.3 Å². The van der Waals surface area contributed by atoms with Gasteiger partial charge in [0.1, 0.15) is 0 Å². The van der Waals surface area contributed by atoms with Crippen LogP contribution in [0.2, 0.25) is 0 Å². The molecule has 1 unspecified atom stereocenters. The van der Waals surface area contributed by atoms with Gasteiger partial charge < -0.3 is 4.90 Å². The van der Waals surface area contributed by atoms with Crippen molar-refractivity contribution in [2.75, 3.05) is 7.05 Å². The summed E-state index contributed by atoms with van der Waals surface area (Å²) in [5, 5.41) is 13.3. The molecule has 136 valence electrons. The molecular weight excluding hydrogens is 324 g/mol. The highest BCUT2D eigenvalue weighted by Gasteiger charge is 2.28. The van der Waals surface area contributed by atoms with Crippen molar-refractivity contribution in [3.8, 4) is 6.07 Å². The van der Waals surface area contributed by atoms with Crippen LogP contribution in [0, 0.1) is 25.2 Å². The van der Waals surface area contributed by atoms with Gasteiger partial charge in [0.25, 0.3) is 0 Å². The highest BCUT2D eigenvalue weighted by atomic mass is 16.2. The summed E-state index contributed by atoms with van der Waals surface area (Å²) in [5.41, 5.74) is 5.82. The smallest absolute Gasteiger partial charge is 0.223 e. The van der Waals surface area contributed by atoms with Crippen LogP contribution < -0.4 is 0 Å². The molecule has 1 amide bonds. The van der Waals surface area contributed by atoms with Crippen molar-refractivity contribution in [1.29, 1.82) is 5.26 Å². The first kappa shape index (κ1) is 18.2. The van der Waals surface area contributed by atoms with E-state index < -0.39 is 0 Å². The summed E-state index contributed by atoms with van der Waals surface area (Å²) in [6, 6.07) is 10.8. The van der Waals surface area contributed by atoms with Crippen molar-refractivity contribution in [3.05, 3.63) is 52.3 Å². The summed E-state index contributed by atoms with van der Waals surface area (Å²) >= 11 is 0. The van der Waals surface area contributed by atoms with E-state index in [2.05, 4.69) is 35.4 Å². The van der Waals surface area contributed by atoms with Gasteiger partial charge in [0.2, 0.25) is 5.91 Å². The van der Waals surface area contributed by atoms with Crippen molar-refractivity contribution < 1.29 is 4.79 Å². The monoisotopic (exact) mass is 350 g/mol. The van der Waals surface area contributed by atoms with Crippen LogP contribution >= 0.6 is 0 Å². The fourth-order valence-corrected chi connectivity index (χ4v) is 3.99. The minimum atomic E-state index is 0.176. The third-order valence-electron chi connectivity index (χ3n) is 5.52. The number of aromatic nitrogens is 2. The van der Waals surface area contributed by atoms with E-state index >= 15 is 0 Å². The highest BCUT2D eigenvalue weighted by Crippen LogP contribution is 2.35. The first-order valence-electron chi connectivity index (χ1n) is 9.26. The molecule has 3 rings (SSSR count). The number of rotatable bonds is 6. The third kappa shape index (κ3) is 3.50. The molecule has 0 saturated heterocycles. The average molecular weight is 350 g/mol. The Balaban J connectivity index is 1.65. The molecule has 2 aromatic rings. The Labute approximate surface area is 155 Å². The molecule has 0 bridgehead atoms. The second kappa shape index (κ2) is 7.74. The van der Waals surface area contributed by atoms with Gasteiger partial charge in [-0.15, -0.1) is 0 Å². The van der Waals surface area contributed by atoms with E-state index in [1.54, 1.807) is 0 Å². The quantitative estimate of drug-likeness (QED) is 0.801. The Kier molecular flexibility index (Phi) is 5.41. The highest BCUT2D eigenvalue weighted by molar-refractivity contribution is 5.77. The van der Waals surface area contributed by atoms with Gasteiger partial charge in [-0.3, -0.25) is 9.48 Å². The molecule has 1 aromatic carbocycles. The van der Waals surface area contributed by atoms with Crippen LogP contribution in [0.25, 0.3) is 0 Å². The third-order valence-corrected chi connectivity index (χ3v) is 5.52. The number of hydrogen-bond acceptors (Lipinski definition) is 3. The van der Waals surface area contributed by atoms with Crippen molar-refractivity contribution >= 4 is 5.91 Å². The molecule has 1 aliphatic carbocycles. The van der Waals surface area contributed by atoms with E-state index in [0.29, 0.717) is 25.8 Å². The molecule has 0 saturated carbocycles. The molecule has 5 nitrogen and oxygen atoms in total. The van der Waals surface area contributed by atoms with Gasteiger partial charge in [-0.1, -0.05) is 24.3 Å². The van der Waals surface area contributed by atoms with Crippen LogP contribution in [0.1, 0.15) is 53.4 Å². The standard InChI is InChI=1S/C21H26N4O/c1-15-18(16(2)25(23-15)14-6-13-22)10-12-21(26)24(3)20-11-9-17-7-4-5-8-19(17)20/h4-5,7-8,20H,6,9-12,14H2,1-3H3. The number of aryl methyl sites for hydroxylation is 3. The van der Waals surface area contributed by atoms with Crippen LogP contribution in [0.3, 0.4) is 0 Å². The second-order valence-electron chi connectivity index (χ2n) is 7.04. The molecule has 0 N–H and O–H groups in total. The number of benzene rings is 1. The summed E-state index contributed by atoms with van der Waals surface area (Å²) in [4.78, 5) is 14.7. The lowest BCUT2D eigenvalue weighted by Gasteiger charge is -2.25. The van der Waals surface area contributed by atoms with E-state index in [-0.39, 0.29) is 11.9 Å². The maximum atomic E-state index is 12.8. The van der Waals surface area contributed by atoms with Gasteiger partial charge in [0, 0.05) is 19.2 Å². The first-order valence-corrected chi connectivity index (χ1v) is 9.26. The van der Waals surface area contributed by atoms with Gasteiger partial charge in [-0.2, -0.15) is 10.4 Å². The fourth-order valence-electron chi connectivity index (χ4n) is 3.99. The van der Waals surface area contributed by atoms with Gasteiger partial charge >= 0.3 is 0 Å². The Bertz CT molecular complexity index is 846. The number of fused-ring (bicyclic) bond motifs is 1. The van der Waals surface area contributed by atoms with Gasteiger partial charge in [0.05, 0.1) is 30.8 Å². The molecule has 1 heterocycles. The molecule has 0 spiro atoms. The molecule has 1 aliphatic rings. The number of nitriles is 1. The van der Waals surface area contributed by atoms with E-state index in [9.17, 15) is 4.79 Å². The Morgan fingerprint density at radius 1 is 1.38 bits per heavy atom. The predicted molar refractivity (Wildman–Crippen MR) is 101 cm³/mol. The van der Waals surface area contributed by atoms with Crippen molar-refractivity contribution in [3.63, 3.8) is 0 Å². The van der Waals surface area contributed by atoms with E-state index in [4.69, 9.17) is 5.26 Å². The van der Waals surface area contributed by atoms with Gasteiger partial charge in [-0.05, 0) is 49.8 Å². The maximum Gasteiger partial charge on any atom is 0.223 e. The molecule has 5 heteroatoms. The predicted octanol–water partition coefficient (Wildman–Crippen LogP) is 3.49. The Morgan fingerprint density at radius 3 is 2.92 bits per heavy atom. The minimum absolute atomic E-state index is 0.176. The molecule has 0 radical (unpaired) electrons. The zero-order valence-corrected chi connectivity index (χ0v) is 15.8. The molecular formula is C21H26N4O. The lowest BCUT2D eigenvalue weighted by atomic mass is 10.0. The van der Waals surface area contributed by atoms with Crippen molar-refractivity contribution in [2.45, 2.75) is 58.5 Å². The van der Waals surface area contributed by atoms with E-state index in [1.807, 2.05) is 30.5 Å². The van der Waals surface area contributed by atoms with E-state index in [1.165, 1.54) is 11.1 Å². The Morgan fingerprint density at radius 2 is 2.15 bits per heavy atom. The number of hydrogen-bond donors (Lipinski definition) is 0. The zero-order valence-electron chi connectivity index (χ0n) is 15.8. The number of carbonyl (C=O) groups excluding carboxylic acids is 1. The summed E-state index contributed by atoms with van der Waals surface area (Å²) < 4.78 is 1.88. The van der Waals surface area contributed by atoms with Crippen molar-refractivity contribution in [2.24, 2.45) is 0 Å². The summed E-state index contributed by atoms with van der Waals surface area (Å²) in [6.45, 7) is 4.61. The first-order chi connectivity index (χ1) is 12.5. The SMILES string of the molecule is Cc1nn(CCC#N)c(C)c1CCC(=O)N(C)C1CCc2ccccc21. The number of amides is 1. The average Bonchev–Trinajstić information content (AvgIpc) is 3.18. The normalized spacial score (nSPS) is 15.5. The second-order valence-corrected chi connectivity index (χ2v) is 7.04. The molecule has 1 aromatic heterocycles. The summed E-state index contributed by atoms with van der Waals surface area (Å²) in [5.74, 6) is 0.176. The summed E-state index contributed by atoms with van der Waals surface area (Å²) in [7, 11) is 1.92. The largest absolute Gasteiger partial charge is 0.339 e. The van der Waals surface area contributed by atoms with E-state index in [0.717, 1.165) is 29.8 Å². The van der Waals surface area contributed by atoms with Crippen LogP contribution in [-0.2, 0) is 24.2 Å². The Hall–Kier alpha value is -2.61. The van der Waals surface area contributed by atoms with Gasteiger partial charge in [-0.25, -0.2) is 0 Å². The van der Waals surface area contributed by atoms with Crippen LogP contribution in [-0.4, -0.2) is 27.6 Å². The molecule has 0 fully saturated rings. The maximum absolute atomic E-state index is 12.8. The lowest BCUT2D eigenvalue weighted by molar-refractivity contribution is -0.132. The number of carbonyl (C=O) groups is 1. The van der Waals surface area contributed by atoms with Crippen molar-refractivity contribution in [1.82, 2.24) is 14.7 Å². The number of nitrogens with zero attached hydrogens (tertiary/aromatic N) is 4. The minimum Gasteiger partial charge on any atom is -0.339 e. The topological polar surface area (TPSA) is 61.9 Å². The van der Waals surface area contributed by atoms with Gasteiger partial charge in [0.15, 0.2) is 0 Å². The summed E-state index contributed by atoms with van der Waals surface area (Å²) in [6.07, 6.45) is 3.68. The van der Waals surface area contributed by atoms with Crippen LogP contribution in [0.5, 0.6) is 0 Å². The molecule has 0 aliphatic heterocycles. The molecule has 1 atom stereocenters. The molecule has 26 heavy (non-hydrogen) atoms. The van der Waals surface area contributed by atoms with Crippen LogP contribution in [0.4, 0.5) is 0 Å². The fraction of sp³-hybridized carbons (Fsp3) is 0.476.